The third-order valence-corrected chi connectivity index (χ3v) is 11.1. The van der Waals surface area contributed by atoms with Crippen LogP contribution in [0.2, 0.25) is 0 Å². The summed E-state index contributed by atoms with van der Waals surface area (Å²) in [5, 5.41) is 1.28. The molecule has 5 heterocycles. The molecule has 2 aromatic carbocycles. The SMILES string of the molecule is COc1ccc2c3c1O[C@H]1c4[nH]c(C(=O)N5CCc6c([nH]c7ccccc67)C5)c(C)c4C[C@H]4[C@H](C2)N(C)CCC314. The minimum atomic E-state index is -0.121. The Kier molecular flexibility index (Phi) is 4.45. The fourth-order valence-electron chi connectivity index (χ4n) is 9.18. The van der Waals surface area contributed by atoms with E-state index in [1.807, 2.05) is 4.90 Å². The Morgan fingerprint density at radius 2 is 1.98 bits per heavy atom. The lowest BCUT2D eigenvalue weighted by Gasteiger charge is -2.57. The zero-order chi connectivity index (χ0) is 26.9. The molecule has 40 heavy (non-hydrogen) atoms. The molecule has 1 saturated heterocycles. The fraction of sp³-hybridized carbons (Fsp3) is 0.424. The molecule has 9 rings (SSSR count). The van der Waals surface area contributed by atoms with E-state index in [4.69, 9.17) is 9.47 Å². The van der Waals surface area contributed by atoms with Crippen molar-refractivity contribution in [3.8, 4) is 11.5 Å². The predicted octanol–water partition coefficient (Wildman–Crippen LogP) is 4.82. The summed E-state index contributed by atoms with van der Waals surface area (Å²) in [5.41, 5.74) is 10.6. The second kappa shape index (κ2) is 7.72. The van der Waals surface area contributed by atoms with Gasteiger partial charge in [0.25, 0.3) is 5.91 Å². The third kappa shape index (κ3) is 2.67. The Balaban J connectivity index is 1.13. The summed E-state index contributed by atoms with van der Waals surface area (Å²) >= 11 is 0. The first-order chi connectivity index (χ1) is 19.5. The lowest BCUT2D eigenvalue weighted by molar-refractivity contribution is -0.0256. The van der Waals surface area contributed by atoms with Crippen LogP contribution in [0.1, 0.15) is 62.2 Å². The molecule has 1 fully saturated rings. The van der Waals surface area contributed by atoms with Crippen molar-refractivity contribution in [2.24, 2.45) is 5.92 Å². The molecule has 7 nitrogen and oxygen atoms in total. The van der Waals surface area contributed by atoms with Gasteiger partial charge in [0.05, 0.1) is 19.3 Å². The number of hydrogen-bond acceptors (Lipinski definition) is 4. The summed E-state index contributed by atoms with van der Waals surface area (Å²) in [5.74, 6) is 2.28. The summed E-state index contributed by atoms with van der Waals surface area (Å²) in [6, 6.07) is 13.2. The van der Waals surface area contributed by atoms with Crippen molar-refractivity contribution in [2.75, 3.05) is 27.2 Å². The number of amides is 1. The molecule has 204 valence electrons. The molecule has 0 saturated carbocycles. The van der Waals surface area contributed by atoms with Crippen molar-refractivity contribution >= 4 is 16.8 Å². The van der Waals surface area contributed by atoms with Crippen molar-refractivity contribution in [2.45, 2.75) is 56.7 Å². The fourth-order valence-corrected chi connectivity index (χ4v) is 9.18. The summed E-state index contributed by atoms with van der Waals surface area (Å²) in [4.78, 5) is 25.9. The number of nitrogens with zero attached hydrogens (tertiary/aromatic N) is 2. The molecule has 2 aliphatic carbocycles. The topological polar surface area (TPSA) is 73.6 Å². The number of rotatable bonds is 2. The molecule has 2 aromatic heterocycles. The maximum Gasteiger partial charge on any atom is 0.270 e. The first-order valence-electron chi connectivity index (χ1n) is 14.7. The number of nitrogens with one attached hydrogen (secondary N) is 2. The summed E-state index contributed by atoms with van der Waals surface area (Å²) < 4.78 is 12.7. The van der Waals surface area contributed by atoms with Gasteiger partial charge in [0.2, 0.25) is 0 Å². The smallest absolute Gasteiger partial charge is 0.270 e. The zero-order valence-corrected chi connectivity index (χ0v) is 23.3. The second-order valence-corrected chi connectivity index (χ2v) is 12.6. The number of H-pyrrole nitrogens is 2. The largest absolute Gasteiger partial charge is 0.493 e. The molecule has 7 heteroatoms. The molecule has 1 spiro atoms. The minimum absolute atomic E-state index is 0.0797. The summed E-state index contributed by atoms with van der Waals surface area (Å²) in [6.45, 7) is 4.52. The maximum atomic E-state index is 14.1. The number of methoxy groups -OCH3 is 1. The molecule has 2 N–H and O–H groups in total. The van der Waals surface area contributed by atoms with E-state index in [9.17, 15) is 4.79 Å². The average molecular weight is 535 g/mol. The Labute approximate surface area is 233 Å². The number of para-hydroxylation sites is 1. The Morgan fingerprint density at radius 3 is 2.85 bits per heavy atom. The number of likely N-dealkylation sites (tertiary alicyclic amines) is 1. The number of piperidine rings is 1. The number of likely N-dealkylation sites (N-methyl/N-ethyl adjacent to an activating group) is 1. The van der Waals surface area contributed by atoms with Gasteiger partial charge in [-0.2, -0.15) is 0 Å². The van der Waals surface area contributed by atoms with Crippen LogP contribution in [-0.2, 0) is 31.2 Å². The van der Waals surface area contributed by atoms with Crippen LogP contribution in [0.5, 0.6) is 11.5 Å². The highest BCUT2D eigenvalue weighted by molar-refractivity contribution is 5.95. The Bertz CT molecular complexity index is 1750. The number of aromatic nitrogens is 2. The van der Waals surface area contributed by atoms with E-state index >= 15 is 0 Å². The predicted molar refractivity (Wildman–Crippen MR) is 152 cm³/mol. The highest BCUT2D eigenvalue weighted by Gasteiger charge is 2.65. The quantitative estimate of drug-likeness (QED) is 0.387. The number of fused-ring (bicyclic) bond motifs is 5. The lowest BCUT2D eigenvalue weighted by atomic mass is 9.51. The normalized spacial score (nSPS) is 27.7. The van der Waals surface area contributed by atoms with E-state index in [1.54, 1.807) is 7.11 Å². The van der Waals surface area contributed by atoms with E-state index in [0.29, 0.717) is 18.5 Å². The molecule has 1 unspecified atom stereocenters. The Morgan fingerprint density at radius 1 is 1.10 bits per heavy atom. The van der Waals surface area contributed by atoms with Crippen LogP contribution in [0.25, 0.3) is 10.9 Å². The van der Waals surface area contributed by atoms with Crippen molar-refractivity contribution in [1.82, 2.24) is 19.8 Å². The monoisotopic (exact) mass is 534 g/mol. The van der Waals surface area contributed by atoms with Crippen LogP contribution in [0.4, 0.5) is 0 Å². The van der Waals surface area contributed by atoms with Gasteiger partial charge in [0.1, 0.15) is 11.8 Å². The van der Waals surface area contributed by atoms with Gasteiger partial charge in [-0.25, -0.2) is 0 Å². The number of hydrogen-bond donors (Lipinski definition) is 2. The van der Waals surface area contributed by atoms with Gasteiger partial charge in [-0.1, -0.05) is 24.3 Å². The van der Waals surface area contributed by atoms with Gasteiger partial charge >= 0.3 is 0 Å². The van der Waals surface area contributed by atoms with E-state index in [1.165, 1.54) is 27.6 Å². The van der Waals surface area contributed by atoms with E-state index in [-0.39, 0.29) is 17.4 Å². The van der Waals surface area contributed by atoms with Crippen LogP contribution in [0.3, 0.4) is 0 Å². The minimum Gasteiger partial charge on any atom is -0.493 e. The van der Waals surface area contributed by atoms with Crippen LogP contribution >= 0.6 is 0 Å². The third-order valence-electron chi connectivity index (χ3n) is 11.1. The standard InChI is InChI=1S/C33H34N4O3/c1-17-21-15-22-25-14-18-8-9-26(39-3)30-27(18)33(22,11-13-36(25)2)31(40-30)29(21)35-28(17)32(38)37-12-10-20-19-6-4-5-7-23(19)34-24(20)16-37/h4-9,22,25,31,34-35H,10-16H2,1-3H3/t22-,25-,31-,33?/m0/s1. The Hall–Kier alpha value is -3.71. The summed E-state index contributed by atoms with van der Waals surface area (Å²) in [7, 11) is 4.01. The second-order valence-electron chi connectivity index (χ2n) is 12.6. The van der Waals surface area contributed by atoms with Crippen molar-refractivity contribution < 1.29 is 14.3 Å². The van der Waals surface area contributed by atoms with Crippen molar-refractivity contribution in [3.05, 3.63) is 81.3 Å². The number of benzene rings is 2. The zero-order valence-electron chi connectivity index (χ0n) is 23.3. The van der Waals surface area contributed by atoms with E-state index in [0.717, 1.165) is 78.4 Å². The molecule has 2 bridgehead atoms. The first kappa shape index (κ1) is 23.0. The number of carbonyl (C=O) groups is 1. The van der Waals surface area contributed by atoms with Gasteiger partial charge in [-0.05, 0) is 86.5 Å². The van der Waals surface area contributed by atoms with Gasteiger partial charge in [-0.15, -0.1) is 0 Å². The highest BCUT2D eigenvalue weighted by atomic mass is 16.5. The highest BCUT2D eigenvalue weighted by Crippen LogP contribution is 2.67. The van der Waals surface area contributed by atoms with Crippen LogP contribution < -0.4 is 9.47 Å². The van der Waals surface area contributed by atoms with Crippen LogP contribution in [0, 0.1) is 12.8 Å². The van der Waals surface area contributed by atoms with Crippen molar-refractivity contribution in [1.29, 1.82) is 0 Å². The van der Waals surface area contributed by atoms with E-state index < -0.39 is 0 Å². The molecule has 5 aliphatic rings. The van der Waals surface area contributed by atoms with Gasteiger partial charge in [0.15, 0.2) is 11.5 Å². The first-order valence-corrected chi connectivity index (χ1v) is 14.7. The average Bonchev–Trinajstić information content (AvgIpc) is 3.63. The van der Waals surface area contributed by atoms with Crippen LogP contribution in [-0.4, -0.2) is 59.0 Å². The molecule has 4 aromatic rings. The molecule has 0 radical (unpaired) electrons. The summed E-state index contributed by atoms with van der Waals surface area (Å²) in [6.07, 6.45) is 3.81. The molecular formula is C33H34N4O3. The number of aromatic amines is 2. The lowest BCUT2D eigenvalue weighted by Crippen LogP contribution is -2.62. The van der Waals surface area contributed by atoms with Gasteiger partial charge in [-0.3, -0.25) is 4.79 Å². The molecule has 4 atom stereocenters. The van der Waals surface area contributed by atoms with Crippen LogP contribution in [0.15, 0.2) is 36.4 Å². The van der Waals surface area contributed by atoms with Gasteiger partial charge in [0, 0.05) is 40.2 Å². The maximum absolute atomic E-state index is 14.1. The molecule has 1 amide bonds. The molecule has 3 aliphatic heterocycles. The van der Waals surface area contributed by atoms with E-state index in [2.05, 4.69) is 65.2 Å². The number of ether oxygens (including phenoxy) is 2. The van der Waals surface area contributed by atoms with Gasteiger partial charge < -0.3 is 29.2 Å². The molecular weight excluding hydrogens is 500 g/mol. The van der Waals surface area contributed by atoms with Crippen molar-refractivity contribution in [3.63, 3.8) is 0 Å². The number of carbonyl (C=O) groups excluding carboxylic acids is 1.